The summed E-state index contributed by atoms with van der Waals surface area (Å²) in [5.74, 6) is -0.324. The van der Waals surface area contributed by atoms with Crippen LogP contribution in [0.15, 0.2) is 54.9 Å². The van der Waals surface area contributed by atoms with E-state index in [-0.39, 0.29) is 12.5 Å². The smallest absolute Gasteiger partial charge is 0.317 e. The molecular weight excluding hydrogens is 252 g/mol. The van der Waals surface area contributed by atoms with Crippen molar-refractivity contribution in [1.29, 1.82) is 0 Å². The average molecular weight is 270 g/mol. The van der Waals surface area contributed by atoms with E-state index in [9.17, 15) is 4.79 Å². The minimum atomic E-state index is -0.876. The second-order valence-corrected chi connectivity index (χ2v) is 4.68. The third-order valence-corrected chi connectivity index (χ3v) is 3.48. The molecule has 0 saturated carbocycles. The normalized spacial score (nSPS) is 13.5. The first kappa shape index (κ1) is 14.2. The maximum atomic E-state index is 12.3. The molecule has 104 valence electrons. The number of pyridine rings is 1. The standard InChI is InChI=1S/C16H18N2O2/c1-20-15(19)16(12-17,14-7-3-2-4-8-14)10-13-6-5-9-18-11-13/h2-9,11H,10,12,17H2,1H3. The Kier molecular flexibility index (Phi) is 4.48. The summed E-state index contributed by atoms with van der Waals surface area (Å²) in [5, 5.41) is 0. The van der Waals surface area contributed by atoms with Gasteiger partial charge in [-0.1, -0.05) is 36.4 Å². The predicted octanol–water partition coefficient (Wildman–Crippen LogP) is 1.69. The zero-order valence-electron chi connectivity index (χ0n) is 11.5. The predicted molar refractivity (Wildman–Crippen MR) is 77.1 cm³/mol. The van der Waals surface area contributed by atoms with Crippen LogP contribution in [0.25, 0.3) is 0 Å². The fraction of sp³-hybridized carbons (Fsp3) is 0.250. The monoisotopic (exact) mass is 270 g/mol. The van der Waals surface area contributed by atoms with Crippen molar-refractivity contribution in [3.8, 4) is 0 Å². The Morgan fingerprint density at radius 1 is 1.25 bits per heavy atom. The minimum absolute atomic E-state index is 0.179. The second-order valence-electron chi connectivity index (χ2n) is 4.68. The van der Waals surface area contributed by atoms with Crippen molar-refractivity contribution in [3.63, 3.8) is 0 Å². The van der Waals surface area contributed by atoms with E-state index in [4.69, 9.17) is 10.5 Å². The van der Waals surface area contributed by atoms with Crippen LogP contribution in [-0.2, 0) is 21.4 Å². The van der Waals surface area contributed by atoms with E-state index in [1.165, 1.54) is 7.11 Å². The number of methoxy groups -OCH3 is 1. The number of aromatic nitrogens is 1. The van der Waals surface area contributed by atoms with Crippen LogP contribution in [0.4, 0.5) is 0 Å². The van der Waals surface area contributed by atoms with E-state index in [2.05, 4.69) is 4.98 Å². The number of esters is 1. The topological polar surface area (TPSA) is 65.2 Å². The SMILES string of the molecule is COC(=O)C(CN)(Cc1cccnc1)c1ccccc1. The molecule has 2 N–H and O–H groups in total. The lowest BCUT2D eigenvalue weighted by Gasteiger charge is -2.30. The molecule has 0 fully saturated rings. The van der Waals surface area contributed by atoms with Gasteiger partial charge in [0, 0.05) is 18.9 Å². The molecule has 2 rings (SSSR count). The highest BCUT2D eigenvalue weighted by Gasteiger charge is 2.40. The molecule has 0 radical (unpaired) electrons. The van der Waals surface area contributed by atoms with Gasteiger partial charge in [0.2, 0.25) is 0 Å². The second kappa shape index (κ2) is 6.30. The number of rotatable bonds is 5. The van der Waals surface area contributed by atoms with E-state index in [0.29, 0.717) is 6.42 Å². The van der Waals surface area contributed by atoms with Gasteiger partial charge in [-0.2, -0.15) is 0 Å². The molecule has 0 aliphatic carbocycles. The van der Waals surface area contributed by atoms with Crippen LogP contribution in [0.2, 0.25) is 0 Å². The summed E-state index contributed by atoms with van der Waals surface area (Å²) < 4.78 is 4.99. The van der Waals surface area contributed by atoms with Gasteiger partial charge < -0.3 is 10.5 Å². The lowest BCUT2D eigenvalue weighted by atomic mass is 9.75. The van der Waals surface area contributed by atoms with Gasteiger partial charge in [-0.25, -0.2) is 0 Å². The zero-order valence-corrected chi connectivity index (χ0v) is 11.5. The molecule has 0 aliphatic heterocycles. The first-order chi connectivity index (χ1) is 9.73. The molecule has 1 aromatic heterocycles. The van der Waals surface area contributed by atoms with Crippen LogP contribution in [0.1, 0.15) is 11.1 Å². The Bertz CT molecular complexity index is 557. The van der Waals surface area contributed by atoms with Crippen molar-refractivity contribution >= 4 is 5.97 Å². The van der Waals surface area contributed by atoms with Gasteiger partial charge >= 0.3 is 5.97 Å². The Hall–Kier alpha value is -2.20. The highest BCUT2D eigenvalue weighted by atomic mass is 16.5. The molecular formula is C16H18N2O2. The quantitative estimate of drug-likeness (QED) is 0.840. The van der Waals surface area contributed by atoms with E-state index < -0.39 is 5.41 Å². The van der Waals surface area contributed by atoms with Gasteiger partial charge in [0.25, 0.3) is 0 Å². The first-order valence-corrected chi connectivity index (χ1v) is 6.46. The number of hydrogen-bond acceptors (Lipinski definition) is 4. The molecule has 1 unspecified atom stereocenters. The van der Waals surface area contributed by atoms with Crippen LogP contribution >= 0.6 is 0 Å². The van der Waals surface area contributed by atoms with Crippen molar-refractivity contribution in [2.24, 2.45) is 5.73 Å². The summed E-state index contributed by atoms with van der Waals surface area (Å²) in [5.41, 5.74) is 6.88. The number of benzene rings is 1. The first-order valence-electron chi connectivity index (χ1n) is 6.46. The Morgan fingerprint density at radius 3 is 2.55 bits per heavy atom. The zero-order chi connectivity index (χ0) is 14.4. The average Bonchev–Trinajstić information content (AvgIpc) is 2.53. The number of hydrogen-bond donors (Lipinski definition) is 1. The van der Waals surface area contributed by atoms with Crippen LogP contribution < -0.4 is 5.73 Å². The fourth-order valence-corrected chi connectivity index (χ4v) is 2.37. The Labute approximate surface area is 118 Å². The van der Waals surface area contributed by atoms with Gasteiger partial charge in [-0.3, -0.25) is 9.78 Å². The van der Waals surface area contributed by atoms with Gasteiger partial charge in [0.1, 0.15) is 5.41 Å². The third kappa shape index (κ3) is 2.70. The Morgan fingerprint density at radius 2 is 2.00 bits per heavy atom. The van der Waals surface area contributed by atoms with Crippen LogP contribution in [0, 0.1) is 0 Å². The van der Waals surface area contributed by atoms with Gasteiger partial charge in [-0.15, -0.1) is 0 Å². The number of nitrogens with two attached hydrogens (primary N) is 1. The van der Waals surface area contributed by atoms with E-state index in [0.717, 1.165) is 11.1 Å². The lowest BCUT2D eigenvalue weighted by molar-refractivity contribution is -0.147. The molecule has 4 nitrogen and oxygen atoms in total. The number of nitrogens with zero attached hydrogens (tertiary/aromatic N) is 1. The van der Waals surface area contributed by atoms with Crippen molar-refractivity contribution in [1.82, 2.24) is 4.98 Å². The van der Waals surface area contributed by atoms with E-state index in [1.807, 2.05) is 42.5 Å². The minimum Gasteiger partial charge on any atom is -0.468 e. The summed E-state index contributed by atoms with van der Waals surface area (Å²) in [6.45, 7) is 0.179. The number of carbonyl (C=O) groups excluding carboxylic acids is 1. The summed E-state index contributed by atoms with van der Waals surface area (Å²) in [6, 6.07) is 13.3. The molecule has 1 atom stereocenters. The maximum Gasteiger partial charge on any atom is 0.317 e. The molecule has 0 aliphatic rings. The molecule has 1 heterocycles. The van der Waals surface area contributed by atoms with E-state index in [1.54, 1.807) is 12.4 Å². The van der Waals surface area contributed by atoms with Gasteiger partial charge in [0.15, 0.2) is 0 Å². The molecule has 0 spiro atoms. The highest BCUT2D eigenvalue weighted by molar-refractivity contribution is 5.84. The van der Waals surface area contributed by atoms with Crippen molar-refractivity contribution in [2.75, 3.05) is 13.7 Å². The maximum absolute atomic E-state index is 12.3. The summed E-state index contributed by atoms with van der Waals surface area (Å²) in [6.07, 6.45) is 3.92. The molecule has 1 aromatic carbocycles. The molecule has 0 bridgehead atoms. The number of carbonyl (C=O) groups is 1. The summed E-state index contributed by atoms with van der Waals surface area (Å²) in [4.78, 5) is 16.4. The summed E-state index contributed by atoms with van der Waals surface area (Å²) in [7, 11) is 1.39. The summed E-state index contributed by atoms with van der Waals surface area (Å²) >= 11 is 0. The number of ether oxygens (including phenoxy) is 1. The lowest BCUT2D eigenvalue weighted by Crippen LogP contribution is -2.45. The van der Waals surface area contributed by atoms with Gasteiger partial charge in [-0.05, 0) is 23.6 Å². The van der Waals surface area contributed by atoms with Crippen LogP contribution in [0.5, 0.6) is 0 Å². The Balaban J connectivity index is 2.46. The van der Waals surface area contributed by atoms with Gasteiger partial charge in [0.05, 0.1) is 7.11 Å². The van der Waals surface area contributed by atoms with Crippen molar-refractivity contribution < 1.29 is 9.53 Å². The fourth-order valence-electron chi connectivity index (χ4n) is 2.37. The van der Waals surface area contributed by atoms with E-state index >= 15 is 0 Å². The van der Waals surface area contributed by atoms with Crippen LogP contribution in [0.3, 0.4) is 0 Å². The van der Waals surface area contributed by atoms with Crippen LogP contribution in [-0.4, -0.2) is 24.6 Å². The van der Waals surface area contributed by atoms with Crippen molar-refractivity contribution in [3.05, 3.63) is 66.0 Å². The molecule has 0 amide bonds. The molecule has 0 saturated heterocycles. The largest absolute Gasteiger partial charge is 0.468 e. The highest BCUT2D eigenvalue weighted by Crippen LogP contribution is 2.29. The molecule has 2 aromatic rings. The molecule has 20 heavy (non-hydrogen) atoms. The molecule has 4 heteroatoms. The third-order valence-electron chi connectivity index (χ3n) is 3.48. The van der Waals surface area contributed by atoms with Crippen molar-refractivity contribution in [2.45, 2.75) is 11.8 Å².